The Hall–Kier alpha value is -1.32. The van der Waals surface area contributed by atoms with E-state index in [4.69, 9.17) is 22.1 Å². The summed E-state index contributed by atoms with van der Waals surface area (Å²) in [4.78, 5) is 4.33. The number of nitrogens with zero attached hydrogens (tertiary/aromatic N) is 1. The van der Waals surface area contributed by atoms with Crippen molar-refractivity contribution in [3.05, 3.63) is 35.5 Å². The molecule has 1 heterocycles. The third-order valence-corrected chi connectivity index (χ3v) is 3.12. The molecule has 0 bridgehead atoms. The second kappa shape index (κ2) is 6.57. The summed E-state index contributed by atoms with van der Waals surface area (Å²) in [6.07, 6.45) is 4.90. The minimum atomic E-state index is 0.688. The molecule has 1 aromatic carbocycles. The number of pyridine rings is 1. The molecule has 0 amide bonds. The van der Waals surface area contributed by atoms with E-state index in [1.54, 1.807) is 6.20 Å². The Morgan fingerprint density at radius 3 is 2.89 bits per heavy atom. The molecule has 3 nitrogen and oxygen atoms in total. The number of aromatic nitrogens is 1. The van der Waals surface area contributed by atoms with E-state index in [1.807, 2.05) is 24.3 Å². The summed E-state index contributed by atoms with van der Waals surface area (Å²) in [5.74, 6) is 0.794. The predicted octanol–water partition coefficient (Wildman–Crippen LogP) is 3.40. The average Bonchev–Trinajstić information content (AvgIpc) is 2.41. The highest BCUT2D eigenvalue weighted by Gasteiger charge is 2.06. The Morgan fingerprint density at radius 1 is 1.17 bits per heavy atom. The molecule has 2 N–H and O–H groups in total. The Bertz CT molecular complexity index is 516. The highest BCUT2D eigenvalue weighted by Crippen LogP contribution is 2.29. The van der Waals surface area contributed by atoms with Crippen molar-refractivity contribution in [2.45, 2.75) is 19.3 Å². The van der Waals surface area contributed by atoms with Gasteiger partial charge in [-0.1, -0.05) is 11.6 Å². The topological polar surface area (TPSA) is 48.1 Å². The van der Waals surface area contributed by atoms with E-state index in [9.17, 15) is 0 Å². The van der Waals surface area contributed by atoms with Crippen LogP contribution in [-0.4, -0.2) is 18.1 Å². The molecule has 0 fully saturated rings. The van der Waals surface area contributed by atoms with E-state index in [1.165, 1.54) is 0 Å². The van der Waals surface area contributed by atoms with E-state index >= 15 is 0 Å². The minimum Gasteiger partial charge on any atom is -0.491 e. The fraction of sp³-hybridized carbons (Fsp3) is 0.357. The maximum absolute atomic E-state index is 6.12. The second-order valence-electron chi connectivity index (χ2n) is 4.14. The van der Waals surface area contributed by atoms with Gasteiger partial charge in [-0.15, -0.1) is 0 Å². The molecule has 0 radical (unpaired) electrons. The van der Waals surface area contributed by atoms with Crippen molar-refractivity contribution in [2.75, 3.05) is 13.2 Å². The lowest BCUT2D eigenvalue weighted by Crippen LogP contribution is -2.02. The number of benzene rings is 1. The summed E-state index contributed by atoms with van der Waals surface area (Å²) in [6, 6.07) is 7.55. The number of rotatable bonds is 6. The number of fused-ring (bicyclic) bond motifs is 1. The van der Waals surface area contributed by atoms with Crippen molar-refractivity contribution >= 4 is 22.5 Å². The van der Waals surface area contributed by atoms with Crippen molar-refractivity contribution < 1.29 is 4.74 Å². The molecule has 0 saturated carbocycles. The van der Waals surface area contributed by atoms with Crippen molar-refractivity contribution in [3.63, 3.8) is 0 Å². The van der Waals surface area contributed by atoms with Crippen LogP contribution in [0.15, 0.2) is 30.5 Å². The van der Waals surface area contributed by atoms with Crippen LogP contribution in [0.1, 0.15) is 19.3 Å². The van der Waals surface area contributed by atoms with Gasteiger partial charge in [0.1, 0.15) is 11.3 Å². The molecule has 0 aliphatic heterocycles. The molecule has 0 unspecified atom stereocenters. The van der Waals surface area contributed by atoms with Crippen LogP contribution in [0.4, 0.5) is 0 Å². The summed E-state index contributed by atoms with van der Waals surface area (Å²) in [5, 5.41) is 1.63. The normalized spacial score (nSPS) is 10.8. The first-order valence-corrected chi connectivity index (χ1v) is 6.57. The van der Waals surface area contributed by atoms with Crippen molar-refractivity contribution in [1.82, 2.24) is 4.98 Å². The number of hydrogen-bond donors (Lipinski definition) is 1. The minimum absolute atomic E-state index is 0.688. The van der Waals surface area contributed by atoms with Crippen LogP contribution in [0.25, 0.3) is 10.9 Å². The molecule has 4 heteroatoms. The van der Waals surface area contributed by atoms with Gasteiger partial charge in [-0.05, 0) is 50.1 Å². The smallest absolute Gasteiger partial charge is 0.145 e. The quantitative estimate of drug-likeness (QED) is 0.814. The molecular formula is C14H17ClN2O. The monoisotopic (exact) mass is 264 g/mol. The zero-order valence-corrected chi connectivity index (χ0v) is 11.0. The highest BCUT2D eigenvalue weighted by atomic mass is 35.5. The zero-order valence-electron chi connectivity index (χ0n) is 10.2. The van der Waals surface area contributed by atoms with Crippen LogP contribution >= 0.6 is 11.6 Å². The molecule has 96 valence electrons. The van der Waals surface area contributed by atoms with Crippen molar-refractivity contribution in [1.29, 1.82) is 0 Å². The van der Waals surface area contributed by atoms with E-state index in [0.29, 0.717) is 11.6 Å². The highest BCUT2D eigenvalue weighted by molar-refractivity contribution is 6.35. The third-order valence-electron chi connectivity index (χ3n) is 2.79. The maximum atomic E-state index is 6.12. The number of hydrogen-bond acceptors (Lipinski definition) is 3. The standard InChI is InChI=1S/C14H17ClN2O/c15-12-6-7-13(18-10-3-1-2-8-16)14-11(12)5-4-9-17-14/h4-7,9H,1-3,8,10,16H2. The summed E-state index contributed by atoms with van der Waals surface area (Å²) in [7, 11) is 0. The molecule has 2 rings (SSSR count). The number of nitrogens with two attached hydrogens (primary N) is 1. The van der Waals surface area contributed by atoms with Gasteiger partial charge in [0.2, 0.25) is 0 Å². The average molecular weight is 265 g/mol. The number of ether oxygens (including phenoxy) is 1. The molecule has 0 spiro atoms. The van der Waals surface area contributed by atoms with Gasteiger partial charge >= 0.3 is 0 Å². The fourth-order valence-electron chi connectivity index (χ4n) is 1.83. The van der Waals surface area contributed by atoms with E-state index in [-0.39, 0.29) is 0 Å². The Balaban J connectivity index is 2.07. The van der Waals surface area contributed by atoms with Gasteiger partial charge in [0.25, 0.3) is 0 Å². The fourth-order valence-corrected chi connectivity index (χ4v) is 2.05. The van der Waals surface area contributed by atoms with Crippen LogP contribution in [-0.2, 0) is 0 Å². The molecule has 2 aromatic rings. The van der Waals surface area contributed by atoms with Gasteiger partial charge in [-0.2, -0.15) is 0 Å². The van der Waals surface area contributed by atoms with Crippen LogP contribution in [0.2, 0.25) is 5.02 Å². The van der Waals surface area contributed by atoms with Crippen molar-refractivity contribution in [2.24, 2.45) is 5.73 Å². The lowest BCUT2D eigenvalue weighted by molar-refractivity contribution is 0.308. The van der Waals surface area contributed by atoms with Gasteiger partial charge < -0.3 is 10.5 Å². The molecule has 0 aliphatic rings. The first-order chi connectivity index (χ1) is 8.83. The molecule has 0 aliphatic carbocycles. The summed E-state index contributed by atoms with van der Waals surface area (Å²) in [5.41, 5.74) is 6.27. The number of unbranched alkanes of at least 4 members (excludes halogenated alkanes) is 2. The van der Waals surface area contributed by atoms with Crippen LogP contribution in [0.3, 0.4) is 0 Å². The first kappa shape index (κ1) is 13.1. The maximum Gasteiger partial charge on any atom is 0.145 e. The SMILES string of the molecule is NCCCCCOc1ccc(Cl)c2cccnc12. The van der Waals surface area contributed by atoms with E-state index in [0.717, 1.165) is 42.5 Å². The molecule has 18 heavy (non-hydrogen) atoms. The van der Waals surface area contributed by atoms with E-state index in [2.05, 4.69) is 4.98 Å². The van der Waals surface area contributed by atoms with Gasteiger partial charge in [-0.25, -0.2) is 0 Å². The zero-order chi connectivity index (χ0) is 12.8. The first-order valence-electron chi connectivity index (χ1n) is 6.19. The largest absolute Gasteiger partial charge is 0.491 e. The lowest BCUT2D eigenvalue weighted by atomic mass is 10.2. The molecular weight excluding hydrogens is 248 g/mol. The summed E-state index contributed by atoms with van der Waals surface area (Å²) < 4.78 is 5.76. The van der Waals surface area contributed by atoms with E-state index < -0.39 is 0 Å². The second-order valence-corrected chi connectivity index (χ2v) is 4.55. The predicted molar refractivity (Wildman–Crippen MR) is 75.2 cm³/mol. The van der Waals surface area contributed by atoms with Crippen LogP contribution in [0, 0.1) is 0 Å². The Labute approximate surface area is 112 Å². The summed E-state index contributed by atoms with van der Waals surface area (Å²) >= 11 is 6.12. The van der Waals surface area contributed by atoms with Gasteiger partial charge in [0.15, 0.2) is 0 Å². The Kier molecular flexibility index (Phi) is 4.79. The van der Waals surface area contributed by atoms with Crippen molar-refractivity contribution in [3.8, 4) is 5.75 Å². The molecule has 0 saturated heterocycles. The van der Waals surface area contributed by atoms with Gasteiger partial charge in [0.05, 0.1) is 11.6 Å². The molecule has 0 atom stereocenters. The molecule has 1 aromatic heterocycles. The third kappa shape index (κ3) is 3.12. The Morgan fingerprint density at radius 2 is 2.06 bits per heavy atom. The van der Waals surface area contributed by atoms with Crippen LogP contribution in [0.5, 0.6) is 5.75 Å². The number of halogens is 1. The van der Waals surface area contributed by atoms with Crippen LogP contribution < -0.4 is 10.5 Å². The summed E-state index contributed by atoms with van der Waals surface area (Å²) in [6.45, 7) is 1.43. The van der Waals surface area contributed by atoms with Gasteiger partial charge in [0, 0.05) is 11.6 Å². The van der Waals surface area contributed by atoms with Gasteiger partial charge in [-0.3, -0.25) is 4.98 Å². The lowest BCUT2D eigenvalue weighted by Gasteiger charge is -2.09.